The van der Waals surface area contributed by atoms with Gasteiger partial charge in [0, 0.05) is 0 Å². The molecule has 3 rings (SSSR count). The highest BCUT2D eigenvalue weighted by molar-refractivity contribution is 8.07. The Morgan fingerprint density at radius 3 is 2.73 bits per heavy atom. The molecule has 86 valence electrons. The Hall–Kier alpha value is 0.110. The van der Waals surface area contributed by atoms with E-state index in [0.29, 0.717) is 0 Å². The van der Waals surface area contributed by atoms with Gasteiger partial charge < -0.3 is 24.8 Å². The average molecular weight is 235 g/mol. The third kappa shape index (κ3) is 1.59. The third-order valence-corrected chi connectivity index (χ3v) is 3.95. The van der Waals surface area contributed by atoms with Crippen molar-refractivity contribution < 1.29 is 24.8 Å². The normalized spacial score (nSPS) is 58.2. The molecular formula is C8H13NO5S. The van der Waals surface area contributed by atoms with Crippen LogP contribution in [0.3, 0.4) is 0 Å². The quantitative estimate of drug-likeness (QED) is 0.384. The molecule has 3 fully saturated rings. The zero-order chi connectivity index (χ0) is 10.6. The van der Waals surface area contributed by atoms with Crippen molar-refractivity contribution in [1.29, 1.82) is 0 Å². The number of ether oxygens (including phenoxy) is 2. The van der Waals surface area contributed by atoms with Crippen molar-refractivity contribution in [1.82, 2.24) is 5.32 Å². The molecule has 3 heterocycles. The van der Waals surface area contributed by atoms with Crippen molar-refractivity contribution in [3.05, 3.63) is 0 Å². The molecule has 0 bridgehead atoms. The fraction of sp³-hybridized carbons (Fsp3) is 1.00. The molecule has 7 atom stereocenters. The van der Waals surface area contributed by atoms with E-state index < -0.39 is 30.6 Å². The zero-order valence-electron chi connectivity index (χ0n) is 7.81. The van der Waals surface area contributed by atoms with Crippen LogP contribution < -0.4 is 5.32 Å². The van der Waals surface area contributed by atoms with Crippen LogP contribution in [-0.4, -0.2) is 63.4 Å². The third-order valence-electron chi connectivity index (χ3n) is 2.94. The summed E-state index contributed by atoms with van der Waals surface area (Å²) >= 11 is 1.61. The Balaban J connectivity index is 1.76. The second kappa shape index (κ2) is 3.56. The molecule has 3 aliphatic heterocycles. The number of morpholine rings is 1. The van der Waals surface area contributed by atoms with E-state index in [-0.39, 0.29) is 17.4 Å². The molecule has 0 spiro atoms. The molecule has 3 saturated heterocycles. The Bertz CT molecular complexity index is 267. The molecule has 3 aliphatic rings. The predicted molar refractivity (Wildman–Crippen MR) is 50.9 cm³/mol. The first-order chi connectivity index (χ1) is 7.20. The number of hydrogen-bond donors (Lipinski definition) is 4. The maximum absolute atomic E-state index is 9.80. The summed E-state index contributed by atoms with van der Waals surface area (Å²) in [5.41, 5.74) is 0.0578. The Morgan fingerprint density at radius 1 is 1.20 bits per heavy atom. The van der Waals surface area contributed by atoms with Crippen molar-refractivity contribution in [2.24, 2.45) is 0 Å². The van der Waals surface area contributed by atoms with E-state index in [1.807, 2.05) is 0 Å². The summed E-state index contributed by atoms with van der Waals surface area (Å²) < 4.78 is 10.9. The fourth-order valence-corrected chi connectivity index (χ4v) is 2.76. The van der Waals surface area contributed by atoms with E-state index in [2.05, 4.69) is 5.32 Å². The molecule has 0 amide bonds. The number of aliphatic hydroxyl groups excluding tert-OH is 3. The van der Waals surface area contributed by atoms with Crippen LogP contribution in [0.15, 0.2) is 0 Å². The van der Waals surface area contributed by atoms with Crippen LogP contribution >= 0.6 is 11.8 Å². The van der Waals surface area contributed by atoms with E-state index in [1.54, 1.807) is 11.8 Å². The van der Waals surface area contributed by atoms with Gasteiger partial charge in [0.15, 0.2) is 0 Å². The smallest absolute Gasteiger partial charge is 0.138 e. The summed E-state index contributed by atoms with van der Waals surface area (Å²) in [7, 11) is 0. The van der Waals surface area contributed by atoms with Crippen LogP contribution in [0.5, 0.6) is 0 Å². The van der Waals surface area contributed by atoms with Gasteiger partial charge in [0.1, 0.15) is 36.1 Å². The molecule has 0 aromatic heterocycles. The molecule has 4 N–H and O–H groups in total. The molecule has 0 saturated carbocycles. The van der Waals surface area contributed by atoms with Gasteiger partial charge in [0.2, 0.25) is 0 Å². The van der Waals surface area contributed by atoms with E-state index in [9.17, 15) is 10.2 Å². The highest BCUT2D eigenvalue weighted by atomic mass is 32.2. The minimum Gasteiger partial charge on any atom is -0.394 e. The van der Waals surface area contributed by atoms with Crippen LogP contribution in [-0.2, 0) is 9.47 Å². The average Bonchev–Trinajstić information content (AvgIpc) is 2.99. The van der Waals surface area contributed by atoms with Gasteiger partial charge in [-0.05, 0) is 0 Å². The standard InChI is InChI=1S/C8H13NO5S/c10-1-2-3(11)4(12)5-6(13-2)9-7-8(14-5)15-7/h2-12H,1H2/t2-,3-,4?,5?,6-,7?,8-/m1/s1. The Morgan fingerprint density at radius 2 is 2.00 bits per heavy atom. The summed E-state index contributed by atoms with van der Waals surface area (Å²) in [5, 5.41) is 31.8. The van der Waals surface area contributed by atoms with Crippen molar-refractivity contribution >= 4 is 11.8 Å². The lowest BCUT2D eigenvalue weighted by atomic mass is 9.97. The molecule has 0 aromatic carbocycles. The number of nitrogens with one attached hydrogen (secondary N) is 1. The minimum absolute atomic E-state index is 0.0578. The number of thioether (sulfide) groups is 1. The highest BCUT2D eigenvalue weighted by Gasteiger charge is 2.55. The molecule has 0 aromatic rings. The molecular weight excluding hydrogens is 222 g/mol. The number of rotatable bonds is 1. The summed E-state index contributed by atoms with van der Waals surface area (Å²) in [6.45, 7) is -0.315. The lowest BCUT2D eigenvalue weighted by Gasteiger charge is -2.43. The monoisotopic (exact) mass is 235 g/mol. The first-order valence-corrected chi connectivity index (χ1v) is 5.84. The van der Waals surface area contributed by atoms with Gasteiger partial charge in [-0.1, -0.05) is 0 Å². The van der Waals surface area contributed by atoms with Gasteiger partial charge in [0.25, 0.3) is 0 Å². The topological polar surface area (TPSA) is 91.2 Å². The van der Waals surface area contributed by atoms with E-state index in [1.165, 1.54) is 0 Å². The van der Waals surface area contributed by atoms with Gasteiger partial charge in [-0.25, -0.2) is 0 Å². The lowest BCUT2D eigenvalue weighted by Crippen LogP contribution is -2.65. The second-order valence-corrected chi connectivity index (χ2v) is 5.20. The first kappa shape index (κ1) is 10.3. The van der Waals surface area contributed by atoms with Gasteiger partial charge in [-0.2, -0.15) is 0 Å². The van der Waals surface area contributed by atoms with E-state index in [0.717, 1.165) is 0 Å². The summed E-state index contributed by atoms with van der Waals surface area (Å²) in [5.74, 6) is 0. The van der Waals surface area contributed by atoms with Crippen LogP contribution in [0.4, 0.5) is 0 Å². The minimum atomic E-state index is -1.10. The van der Waals surface area contributed by atoms with Crippen LogP contribution in [0, 0.1) is 0 Å². The van der Waals surface area contributed by atoms with Crippen molar-refractivity contribution in [2.45, 2.75) is 41.5 Å². The second-order valence-electron chi connectivity index (χ2n) is 3.95. The predicted octanol–water partition coefficient (Wildman–Crippen LogP) is -2.19. The van der Waals surface area contributed by atoms with E-state index in [4.69, 9.17) is 14.6 Å². The maximum Gasteiger partial charge on any atom is 0.138 e. The van der Waals surface area contributed by atoms with Gasteiger partial charge >= 0.3 is 0 Å². The van der Waals surface area contributed by atoms with Crippen molar-refractivity contribution in [3.63, 3.8) is 0 Å². The molecule has 3 unspecified atom stereocenters. The van der Waals surface area contributed by atoms with Gasteiger partial charge in [-0.15, -0.1) is 11.8 Å². The highest BCUT2D eigenvalue weighted by Crippen LogP contribution is 2.46. The van der Waals surface area contributed by atoms with Crippen molar-refractivity contribution in [3.8, 4) is 0 Å². The summed E-state index contributed by atoms with van der Waals surface area (Å²) in [6, 6.07) is 0. The van der Waals surface area contributed by atoms with Crippen LogP contribution in [0.2, 0.25) is 0 Å². The molecule has 6 nitrogen and oxygen atoms in total. The van der Waals surface area contributed by atoms with E-state index >= 15 is 0 Å². The van der Waals surface area contributed by atoms with Gasteiger partial charge in [-0.3, -0.25) is 5.32 Å². The Kier molecular flexibility index (Phi) is 2.44. The summed E-state index contributed by atoms with van der Waals surface area (Å²) in [6.07, 6.45) is -3.87. The van der Waals surface area contributed by atoms with Crippen LogP contribution in [0.1, 0.15) is 0 Å². The first-order valence-electron chi connectivity index (χ1n) is 4.90. The SMILES string of the molecule is OC[C@H]1O[C@H]2NC3S[C@H]3OC2C(O)[C@@H]1O. The van der Waals surface area contributed by atoms with Gasteiger partial charge in [0.05, 0.1) is 12.0 Å². The maximum atomic E-state index is 9.80. The Labute approximate surface area is 90.6 Å². The fourth-order valence-electron chi connectivity index (χ4n) is 2.01. The van der Waals surface area contributed by atoms with Crippen molar-refractivity contribution in [2.75, 3.05) is 6.61 Å². The van der Waals surface area contributed by atoms with Crippen LogP contribution in [0.25, 0.3) is 0 Å². The lowest BCUT2D eigenvalue weighted by molar-refractivity contribution is -0.261. The molecule has 0 aliphatic carbocycles. The molecule has 0 radical (unpaired) electrons. The summed E-state index contributed by atoms with van der Waals surface area (Å²) in [4.78, 5) is 0. The zero-order valence-corrected chi connectivity index (χ0v) is 8.63. The number of aliphatic hydroxyl groups is 3. The molecule has 15 heavy (non-hydrogen) atoms. The number of fused-ring (bicyclic) bond motifs is 2. The largest absolute Gasteiger partial charge is 0.394 e. The number of hydrogen-bond acceptors (Lipinski definition) is 7. The molecule has 7 heteroatoms.